The summed E-state index contributed by atoms with van der Waals surface area (Å²) in [5, 5.41) is 4.43. The van der Waals surface area contributed by atoms with Gasteiger partial charge in [0.1, 0.15) is 0 Å². The highest BCUT2D eigenvalue weighted by Crippen LogP contribution is 2.25. The standard InChI is InChI=1S/C26H33N3O3S/c30-26(27-21-25(28-16-7-8-17-28)23-11-5-2-6-12-23)24-13-18-29(19-14-24)33(31,32)20-15-22-9-3-1-4-10-22/h1-6,9-12,15,20,24-25H,7-8,13-14,16-19,21H2,(H,27,30)/b20-15+. The predicted octanol–water partition coefficient (Wildman–Crippen LogP) is 3.65. The van der Waals surface area contributed by atoms with Crippen LogP contribution in [0.15, 0.2) is 66.1 Å². The highest BCUT2D eigenvalue weighted by atomic mass is 32.2. The number of piperidine rings is 1. The number of nitrogens with one attached hydrogen (secondary N) is 1. The Morgan fingerprint density at radius 3 is 2.18 bits per heavy atom. The Morgan fingerprint density at radius 1 is 0.939 bits per heavy atom. The largest absolute Gasteiger partial charge is 0.354 e. The van der Waals surface area contributed by atoms with Crippen LogP contribution in [0.1, 0.15) is 42.9 Å². The fourth-order valence-electron chi connectivity index (χ4n) is 4.72. The topological polar surface area (TPSA) is 69.7 Å². The van der Waals surface area contributed by atoms with Crippen LogP contribution in [0.2, 0.25) is 0 Å². The van der Waals surface area contributed by atoms with Crippen LogP contribution in [0, 0.1) is 5.92 Å². The average molecular weight is 468 g/mol. The molecule has 0 spiro atoms. The molecule has 6 nitrogen and oxygen atoms in total. The molecule has 0 saturated carbocycles. The van der Waals surface area contributed by atoms with E-state index in [1.807, 2.05) is 48.5 Å². The van der Waals surface area contributed by atoms with Crippen molar-refractivity contribution in [2.24, 2.45) is 5.92 Å². The third kappa shape index (κ3) is 6.31. The summed E-state index contributed by atoms with van der Waals surface area (Å²) in [6.45, 7) is 3.44. The van der Waals surface area contributed by atoms with Crippen molar-refractivity contribution in [1.82, 2.24) is 14.5 Å². The molecule has 2 aliphatic heterocycles. The van der Waals surface area contributed by atoms with Crippen LogP contribution < -0.4 is 5.32 Å². The number of carbonyl (C=O) groups excluding carboxylic acids is 1. The maximum Gasteiger partial charge on any atom is 0.236 e. The molecule has 0 radical (unpaired) electrons. The first-order valence-corrected chi connectivity index (χ1v) is 13.3. The summed E-state index contributed by atoms with van der Waals surface area (Å²) in [4.78, 5) is 15.4. The normalized spacial score (nSPS) is 19.6. The summed E-state index contributed by atoms with van der Waals surface area (Å²) in [6, 6.07) is 19.9. The summed E-state index contributed by atoms with van der Waals surface area (Å²) < 4.78 is 26.9. The molecule has 1 unspecified atom stereocenters. The van der Waals surface area contributed by atoms with E-state index in [4.69, 9.17) is 0 Å². The zero-order chi connectivity index (χ0) is 23.1. The van der Waals surface area contributed by atoms with Gasteiger partial charge < -0.3 is 5.32 Å². The third-order valence-corrected chi connectivity index (χ3v) is 8.22. The Hall–Kier alpha value is -2.48. The molecule has 2 saturated heterocycles. The quantitative estimate of drug-likeness (QED) is 0.643. The number of rotatable bonds is 8. The van der Waals surface area contributed by atoms with Crippen molar-refractivity contribution in [2.45, 2.75) is 31.7 Å². The van der Waals surface area contributed by atoms with Crippen molar-refractivity contribution in [3.8, 4) is 0 Å². The van der Waals surface area contributed by atoms with E-state index in [9.17, 15) is 13.2 Å². The smallest absolute Gasteiger partial charge is 0.236 e. The number of benzene rings is 2. The van der Waals surface area contributed by atoms with Gasteiger partial charge in [-0.15, -0.1) is 0 Å². The van der Waals surface area contributed by atoms with E-state index < -0.39 is 10.0 Å². The van der Waals surface area contributed by atoms with Gasteiger partial charge in [0.05, 0.1) is 6.04 Å². The first kappa shape index (κ1) is 23.7. The Labute approximate surface area is 197 Å². The minimum Gasteiger partial charge on any atom is -0.354 e. The first-order valence-electron chi connectivity index (χ1n) is 11.8. The van der Waals surface area contributed by atoms with E-state index in [0.717, 1.165) is 18.7 Å². The maximum atomic E-state index is 12.9. The molecule has 2 fully saturated rings. The molecule has 2 aliphatic rings. The fourth-order valence-corrected chi connectivity index (χ4v) is 5.94. The number of likely N-dealkylation sites (tertiary alicyclic amines) is 1. The molecule has 0 aromatic heterocycles. The summed E-state index contributed by atoms with van der Waals surface area (Å²) in [7, 11) is -3.49. The number of sulfonamides is 1. The molecule has 1 N–H and O–H groups in total. The molecule has 0 bridgehead atoms. The number of hydrogen-bond acceptors (Lipinski definition) is 4. The molecular formula is C26H33N3O3S. The lowest BCUT2D eigenvalue weighted by Crippen LogP contribution is -2.44. The molecule has 33 heavy (non-hydrogen) atoms. The van der Waals surface area contributed by atoms with Crippen molar-refractivity contribution < 1.29 is 13.2 Å². The first-order chi connectivity index (χ1) is 16.0. The van der Waals surface area contributed by atoms with Crippen LogP contribution >= 0.6 is 0 Å². The molecule has 2 aromatic rings. The lowest BCUT2D eigenvalue weighted by atomic mass is 9.97. The summed E-state index contributed by atoms with van der Waals surface area (Å²) in [6.07, 6.45) is 5.11. The summed E-state index contributed by atoms with van der Waals surface area (Å²) in [5.74, 6) is -0.114. The third-order valence-electron chi connectivity index (χ3n) is 6.65. The van der Waals surface area contributed by atoms with Gasteiger partial charge in [0.25, 0.3) is 0 Å². The summed E-state index contributed by atoms with van der Waals surface area (Å²) >= 11 is 0. The molecule has 176 valence electrons. The van der Waals surface area contributed by atoms with Crippen molar-refractivity contribution in [1.29, 1.82) is 0 Å². The van der Waals surface area contributed by atoms with Gasteiger partial charge in [-0.05, 0) is 56.0 Å². The van der Waals surface area contributed by atoms with Gasteiger partial charge in [-0.25, -0.2) is 8.42 Å². The molecule has 0 aliphatic carbocycles. The van der Waals surface area contributed by atoms with Crippen molar-refractivity contribution >= 4 is 22.0 Å². The number of hydrogen-bond donors (Lipinski definition) is 1. The Balaban J connectivity index is 1.30. The zero-order valence-electron chi connectivity index (χ0n) is 19.0. The van der Waals surface area contributed by atoms with Crippen LogP contribution in [0.5, 0.6) is 0 Å². The van der Waals surface area contributed by atoms with Crippen molar-refractivity contribution in [2.75, 3.05) is 32.7 Å². The van der Waals surface area contributed by atoms with E-state index in [1.54, 1.807) is 6.08 Å². The van der Waals surface area contributed by atoms with Crippen molar-refractivity contribution in [3.63, 3.8) is 0 Å². The van der Waals surface area contributed by atoms with Gasteiger partial charge in [-0.3, -0.25) is 9.69 Å². The second kappa shape index (κ2) is 11.1. The van der Waals surface area contributed by atoms with Gasteiger partial charge in [-0.2, -0.15) is 4.31 Å². The van der Waals surface area contributed by atoms with Crippen molar-refractivity contribution in [3.05, 3.63) is 77.2 Å². The Morgan fingerprint density at radius 2 is 1.55 bits per heavy atom. The lowest BCUT2D eigenvalue weighted by molar-refractivity contribution is -0.126. The second-order valence-electron chi connectivity index (χ2n) is 8.85. The molecule has 2 aromatic carbocycles. The van der Waals surface area contributed by atoms with E-state index >= 15 is 0 Å². The number of nitrogens with zero attached hydrogens (tertiary/aromatic N) is 2. The molecule has 2 heterocycles. The second-order valence-corrected chi connectivity index (χ2v) is 10.7. The van der Waals surface area contributed by atoms with Gasteiger partial charge in [0, 0.05) is 31.0 Å². The van der Waals surface area contributed by atoms with Crippen LogP contribution in [0.3, 0.4) is 0 Å². The van der Waals surface area contributed by atoms with E-state index in [0.29, 0.717) is 32.5 Å². The number of amides is 1. The molecular weight excluding hydrogens is 434 g/mol. The highest BCUT2D eigenvalue weighted by molar-refractivity contribution is 7.92. The van der Waals surface area contributed by atoms with Crippen LogP contribution in [0.25, 0.3) is 6.08 Å². The van der Waals surface area contributed by atoms with E-state index in [1.165, 1.54) is 28.1 Å². The highest BCUT2D eigenvalue weighted by Gasteiger charge is 2.31. The molecule has 1 amide bonds. The minimum atomic E-state index is -3.49. The molecule has 7 heteroatoms. The maximum absolute atomic E-state index is 12.9. The van der Waals surface area contributed by atoms with Crippen LogP contribution in [-0.2, 0) is 14.8 Å². The van der Waals surface area contributed by atoms with E-state index in [2.05, 4.69) is 22.3 Å². The number of carbonyl (C=O) groups is 1. The average Bonchev–Trinajstić information content (AvgIpc) is 3.39. The van der Waals surface area contributed by atoms with E-state index in [-0.39, 0.29) is 17.9 Å². The molecule has 1 atom stereocenters. The van der Waals surface area contributed by atoms with Crippen LogP contribution in [-0.4, -0.2) is 56.3 Å². The SMILES string of the molecule is O=C(NCC(c1ccccc1)N1CCCC1)C1CCN(S(=O)(=O)/C=C/c2ccccc2)CC1. The Kier molecular flexibility index (Phi) is 7.96. The minimum absolute atomic E-state index is 0.0343. The predicted molar refractivity (Wildman–Crippen MR) is 132 cm³/mol. The van der Waals surface area contributed by atoms with Gasteiger partial charge in [0.2, 0.25) is 15.9 Å². The van der Waals surface area contributed by atoms with Gasteiger partial charge in [0.15, 0.2) is 0 Å². The lowest BCUT2D eigenvalue weighted by Gasteiger charge is -2.31. The Bertz CT molecular complexity index is 1030. The molecule has 4 rings (SSSR count). The van der Waals surface area contributed by atoms with Gasteiger partial charge in [-0.1, -0.05) is 60.7 Å². The zero-order valence-corrected chi connectivity index (χ0v) is 19.8. The van der Waals surface area contributed by atoms with Gasteiger partial charge >= 0.3 is 0 Å². The summed E-state index contributed by atoms with van der Waals surface area (Å²) in [5.41, 5.74) is 2.08. The van der Waals surface area contributed by atoms with Crippen LogP contribution in [0.4, 0.5) is 0 Å². The fraction of sp³-hybridized carbons (Fsp3) is 0.423. The monoisotopic (exact) mass is 467 g/mol.